The van der Waals surface area contributed by atoms with Crippen LogP contribution in [-0.4, -0.2) is 0 Å². The lowest BCUT2D eigenvalue weighted by Gasteiger charge is -2.12. The highest BCUT2D eigenvalue weighted by atomic mass is 35.5. The number of hydrogen-bond acceptors (Lipinski definition) is 0. The van der Waals surface area contributed by atoms with Crippen LogP contribution < -0.4 is 0 Å². The molecule has 0 aliphatic rings. The lowest BCUT2D eigenvalue weighted by molar-refractivity contribution is 0.569. The van der Waals surface area contributed by atoms with Gasteiger partial charge in [0.25, 0.3) is 0 Å². The standard InChI is InChI=1S/C14H10ClF3/c1-8-2-4-10(12(17)6-8)14(15)11-5-3-9(16)7-13(11)18/h2-7,14H,1H3. The highest BCUT2D eigenvalue weighted by molar-refractivity contribution is 6.22. The highest BCUT2D eigenvalue weighted by Gasteiger charge is 2.19. The predicted molar refractivity (Wildman–Crippen MR) is 65.2 cm³/mol. The molecule has 0 spiro atoms. The zero-order valence-electron chi connectivity index (χ0n) is 9.55. The van der Waals surface area contributed by atoms with E-state index < -0.39 is 22.8 Å². The largest absolute Gasteiger partial charge is 0.207 e. The van der Waals surface area contributed by atoms with E-state index in [9.17, 15) is 13.2 Å². The first-order valence-corrected chi connectivity index (χ1v) is 5.78. The van der Waals surface area contributed by atoms with Gasteiger partial charge in [0.1, 0.15) is 17.5 Å². The van der Waals surface area contributed by atoms with E-state index in [0.717, 1.165) is 17.7 Å². The topological polar surface area (TPSA) is 0 Å². The summed E-state index contributed by atoms with van der Waals surface area (Å²) < 4.78 is 40.1. The van der Waals surface area contributed by atoms with Gasteiger partial charge in [-0.05, 0) is 24.6 Å². The van der Waals surface area contributed by atoms with Crippen molar-refractivity contribution in [2.75, 3.05) is 0 Å². The van der Waals surface area contributed by atoms with Crippen LogP contribution in [0.4, 0.5) is 13.2 Å². The molecule has 0 saturated carbocycles. The van der Waals surface area contributed by atoms with Crippen LogP contribution in [-0.2, 0) is 0 Å². The second-order valence-corrected chi connectivity index (χ2v) is 4.49. The molecule has 2 aromatic carbocycles. The van der Waals surface area contributed by atoms with Gasteiger partial charge in [0.2, 0.25) is 0 Å². The molecule has 18 heavy (non-hydrogen) atoms. The van der Waals surface area contributed by atoms with E-state index >= 15 is 0 Å². The van der Waals surface area contributed by atoms with Crippen LogP contribution in [0, 0.1) is 24.4 Å². The minimum absolute atomic E-state index is 0.0563. The van der Waals surface area contributed by atoms with E-state index in [1.807, 2.05) is 0 Å². The Kier molecular flexibility index (Phi) is 3.62. The summed E-state index contributed by atoms with van der Waals surface area (Å²) in [5, 5.41) is -0.980. The van der Waals surface area contributed by atoms with Gasteiger partial charge in [-0.15, -0.1) is 11.6 Å². The fourth-order valence-corrected chi connectivity index (χ4v) is 2.07. The molecule has 0 nitrogen and oxygen atoms in total. The molecule has 2 aromatic rings. The maximum absolute atomic E-state index is 13.7. The van der Waals surface area contributed by atoms with E-state index in [4.69, 9.17) is 11.6 Å². The van der Waals surface area contributed by atoms with Crippen molar-refractivity contribution in [3.05, 3.63) is 70.5 Å². The summed E-state index contributed by atoms with van der Waals surface area (Å²) in [5.74, 6) is -1.97. The quantitative estimate of drug-likeness (QED) is 0.692. The lowest BCUT2D eigenvalue weighted by atomic mass is 10.0. The van der Waals surface area contributed by atoms with Crippen molar-refractivity contribution >= 4 is 11.6 Å². The third-order valence-corrected chi connectivity index (χ3v) is 3.13. The van der Waals surface area contributed by atoms with E-state index in [1.165, 1.54) is 18.2 Å². The van der Waals surface area contributed by atoms with Gasteiger partial charge >= 0.3 is 0 Å². The van der Waals surface area contributed by atoms with Crippen LogP contribution in [0.3, 0.4) is 0 Å². The molecule has 0 aliphatic carbocycles. The molecule has 1 unspecified atom stereocenters. The molecule has 94 valence electrons. The van der Waals surface area contributed by atoms with Gasteiger partial charge in [-0.1, -0.05) is 18.2 Å². The van der Waals surface area contributed by atoms with E-state index in [0.29, 0.717) is 0 Å². The van der Waals surface area contributed by atoms with Gasteiger partial charge in [-0.25, -0.2) is 13.2 Å². The van der Waals surface area contributed by atoms with Crippen molar-refractivity contribution in [2.24, 2.45) is 0 Å². The number of benzene rings is 2. The SMILES string of the molecule is Cc1ccc(C(Cl)c2ccc(F)cc2F)c(F)c1. The first-order chi connectivity index (χ1) is 8.49. The summed E-state index contributed by atoms with van der Waals surface area (Å²) in [7, 11) is 0. The molecule has 0 aromatic heterocycles. The average Bonchev–Trinajstić information content (AvgIpc) is 2.28. The summed E-state index contributed by atoms with van der Waals surface area (Å²) in [4.78, 5) is 0. The van der Waals surface area contributed by atoms with E-state index in [-0.39, 0.29) is 11.1 Å². The van der Waals surface area contributed by atoms with E-state index in [1.54, 1.807) is 13.0 Å². The Morgan fingerprint density at radius 1 is 0.889 bits per heavy atom. The number of aryl methyl sites for hydroxylation is 1. The minimum Gasteiger partial charge on any atom is -0.207 e. The first kappa shape index (κ1) is 13.0. The molecule has 0 aliphatic heterocycles. The summed E-state index contributed by atoms with van der Waals surface area (Å²) in [6, 6.07) is 7.57. The highest BCUT2D eigenvalue weighted by Crippen LogP contribution is 2.32. The zero-order valence-corrected chi connectivity index (χ0v) is 10.3. The Labute approximate surface area is 108 Å². The molecule has 0 amide bonds. The summed E-state index contributed by atoms with van der Waals surface area (Å²) in [6.07, 6.45) is 0. The Bertz CT molecular complexity index is 530. The Balaban J connectivity index is 2.44. The molecule has 0 radical (unpaired) electrons. The van der Waals surface area contributed by atoms with Crippen LogP contribution >= 0.6 is 11.6 Å². The molecule has 2 rings (SSSR count). The second-order valence-electron chi connectivity index (χ2n) is 4.05. The molecular formula is C14H10ClF3. The molecule has 0 saturated heterocycles. The zero-order chi connectivity index (χ0) is 13.3. The van der Waals surface area contributed by atoms with Crippen LogP contribution in [0.2, 0.25) is 0 Å². The minimum atomic E-state index is -0.980. The second kappa shape index (κ2) is 5.02. The fourth-order valence-electron chi connectivity index (χ4n) is 1.71. The van der Waals surface area contributed by atoms with Crippen LogP contribution in [0.25, 0.3) is 0 Å². The fraction of sp³-hybridized carbons (Fsp3) is 0.143. The first-order valence-electron chi connectivity index (χ1n) is 5.34. The van der Waals surface area contributed by atoms with Crippen molar-refractivity contribution in [3.63, 3.8) is 0 Å². The van der Waals surface area contributed by atoms with Gasteiger partial charge in [0, 0.05) is 17.2 Å². The monoisotopic (exact) mass is 270 g/mol. The van der Waals surface area contributed by atoms with Gasteiger partial charge in [-0.3, -0.25) is 0 Å². The van der Waals surface area contributed by atoms with Gasteiger partial charge < -0.3 is 0 Å². The van der Waals surface area contributed by atoms with Crippen molar-refractivity contribution in [3.8, 4) is 0 Å². The Morgan fingerprint density at radius 2 is 1.44 bits per heavy atom. The summed E-state index contributed by atoms with van der Waals surface area (Å²) >= 11 is 6.04. The number of halogens is 4. The summed E-state index contributed by atoms with van der Waals surface area (Å²) in [6.45, 7) is 1.74. The maximum Gasteiger partial charge on any atom is 0.131 e. The number of hydrogen-bond donors (Lipinski definition) is 0. The number of rotatable bonds is 2. The molecular weight excluding hydrogens is 261 g/mol. The molecule has 0 bridgehead atoms. The van der Waals surface area contributed by atoms with Crippen molar-refractivity contribution < 1.29 is 13.2 Å². The lowest BCUT2D eigenvalue weighted by Crippen LogP contribution is -2.00. The van der Waals surface area contributed by atoms with Crippen LogP contribution in [0.5, 0.6) is 0 Å². The van der Waals surface area contributed by atoms with Crippen molar-refractivity contribution in [2.45, 2.75) is 12.3 Å². The Morgan fingerprint density at radius 3 is 2.00 bits per heavy atom. The van der Waals surface area contributed by atoms with Crippen LogP contribution in [0.15, 0.2) is 36.4 Å². The summed E-state index contributed by atoms with van der Waals surface area (Å²) in [5.41, 5.74) is 0.980. The van der Waals surface area contributed by atoms with Crippen molar-refractivity contribution in [1.29, 1.82) is 0 Å². The molecule has 0 N–H and O–H groups in total. The van der Waals surface area contributed by atoms with Gasteiger partial charge in [-0.2, -0.15) is 0 Å². The van der Waals surface area contributed by atoms with Gasteiger partial charge in [0.15, 0.2) is 0 Å². The smallest absolute Gasteiger partial charge is 0.131 e. The average molecular weight is 271 g/mol. The van der Waals surface area contributed by atoms with Gasteiger partial charge in [0.05, 0.1) is 5.38 Å². The molecule has 4 heteroatoms. The normalized spacial score (nSPS) is 12.5. The van der Waals surface area contributed by atoms with Crippen molar-refractivity contribution in [1.82, 2.24) is 0 Å². The Hall–Kier alpha value is -1.48. The third kappa shape index (κ3) is 2.51. The van der Waals surface area contributed by atoms with Crippen LogP contribution in [0.1, 0.15) is 22.1 Å². The molecule has 1 atom stereocenters. The molecule has 0 fully saturated rings. The van der Waals surface area contributed by atoms with E-state index in [2.05, 4.69) is 0 Å². The predicted octanol–water partition coefficient (Wildman–Crippen LogP) is 4.74. The molecule has 0 heterocycles. The third-order valence-electron chi connectivity index (χ3n) is 2.66. The number of alkyl halides is 1. The maximum atomic E-state index is 13.7.